The van der Waals surface area contributed by atoms with Crippen molar-refractivity contribution >= 4 is 46.4 Å². The van der Waals surface area contributed by atoms with Gasteiger partial charge in [0.15, 0.2) is 0 Å². The zero-order valence-corrected chi connectivity index (χ0v) is 36.4. The van der Waals surface area contributed by atoms with Gasteiger partial charge in [-0.25, -0.2) is 9.97 Å². The van der Waals surface area contributed by atoms with Gasteiger partial charge in [-0.15, -0.1) is 0 Å². The van der Waals surface area contributed by atoms with Crippen LogP contribution in [0.3, 0.4) is 0 Å². The maximum atomic E-state index is 6.23. The van der Waals surface area contributed by atoms with Gasteiger partial charge in [0.25, 0.3) is 0 Å². The van der Waals surface area contributed by atoms with Crippen molar-refractivity contribution in [3.63, 3.8) is 0 Å². The van der Waals surface area contributed by atoms with Crippen molar-refractivity contribution in [2.24, 2.45) is 0 Å². The molecule has 0 spiro atoms. The highest BCUT2D eigenvalue weighted by molar-refractivity contribution is 5.93. The van der Waals surface area contributed by atoms with Crippen LogP contribution in [-0.4, -0.2) is 129 Å². The number of benzene rings is 2. The van der Waals surface area contributed by atoms with Crippen LogP contribution in [0.2, 0.25) is 0 Å². The lowest BCUT2D eigenvalue weighted by atomic mass is 10.0. The van der Waals surface area contributed by atoms with Crippen LogP contribution >= 0.6 is 0 Å². The Kier molecular flexibility index (Phi) is 14.3. The van der Waals surface area contributed by atoms with Crippen molar-refractivity contribution in [2.45, 2.75) is 25.7 Å². The van der Waals surface area contributed by atoms with E-state index >= 15 is 0 Å². The highest BCUT2D eigenvalue weighted by Gasteiger charge is 2.16. The number of nitrogens with one attached hydrogen (secondary N) is 3. The minimum Gasteiger partial charge on any atom is -0.494 e. The molecule has 0 saturated heterocycles. The SMILES string of the molecule is CNCCCN(C)CCCOc1ccc(-c2c3nc(cc4ccc([nH]4)c(-c4ccc(OCCC[N+](C)(C)CCCN(C)C)cc4)c4nc(cc5ccc2[nH]5)C=C4)C=C3)cc1. The van der Waals surface area contributed by atoms with Gasteiger partial charge in [0.05, 0.1) is 63.2 Å². The van der Waals surface area contributed by atoms with E-state index in [0.717, 1.165) is 142 Å². The summed E-state index contributed by atoms with van der Waals surface area (Å²) in [5.41, 5.74) is 11.7. The Morgan fingerprint density at radius 1 is 0.583 bits per heavy atom. The van der Waals surface area contributed by atoms with Crippen molar-refractivity contribution < 1.29 is 14.0 Å². The average Bonchev–Trinajstić information content (AvgIpc) is 4.07. The molecule has 5 heterocycles. The summed E-state index contributed by atoms with van der Waals surface area (Å²) in [6.07, 6.45) is 12.7. The van der Waals surface area contributed by atoms with Gasteiger partial charge in [0.2, 0.25) is 0 Å². The first-order valence-electron chi connectivity index (χ1n) is 21.5. The lowest BCUT2D eigenvalue weighted by Crippen LogP contribution is -2.42. The normalized spacial score (nSPS) is 12.5. The number of H-pyrrole nitrogens is 2. The molecule has 5 aromatic rings. The smallest absolute Gasteiger partial charge is 0.119 e. The summed E-state index contributed by atoms with van der Waals surface area (Å²) < 4.78 is 13.4. The summed E-state index contributed by atoms with van der Waals surface area (Å²) >= 11 is 0. The van der Waals surface area contributed by atoms with E-state index in [1.807, 2.05) is 7.05 Å². The molecule has 0 atom stereocenters. The molecule has 0 fully saturated rings. The molecule has 60 heavy (non-hydrogen) atoms. The van der Waals surface area contributed by atoms with Gasteiger partial charge in [-0.2, -0.15) is 0 Å². The van der Waals surface area contributed by atoms with Gasteiger partial charge in [-0.05, 0) is 150 Å². The minimum absolute atomic E-state index is 0.681. The summed E-state index contributed by atoms with van der Waals surface area (Å²) in [7, 11) is 13.1. The molecule has 0 radical (unpaired) electrons. The van der Waals surface area contributed by atoms with Crippen LogP contribution in [0.4, 0.5) is 0 Å². The van der Waals surface area contributed by atoms with E-state index < -0.39 is 0 Å². The fourth-order valence-corrected chi connectivity index (χ4v) is 7.89. The number of nitrogens with zero attached hydrogens (tertiary/aromatic N) is 5. The molecule has 0 unspecified atom stereocenters. The van der Waals surface area contributed by atoms with Crippen molar-refractivity contribution in [2.75, 3.05) is 94.8 Å². The number of rotatable bonds is 20. The molecule has 7 rings (SSSR count). The van der Waals surface area contributed by atoms with E-state index in [9.17, 15) is 0 Å². The van der Waals surface area contributed by atoms with Gasteiger partial charge in [-0.3, -0.25) is 0 Å². The predicted molar refractivity (Wildman–Crippen MR) is 251 cm³/mol. The fraction of sp³-hybridized carbons (Fsp3) is 0.360. The first-order chi connectivity index (χ1) is 29.1. The van der Waals surface area contributed by atoms with Crippen LogP contribution in [0.25, 0.3) is 68.6 Å². The highest BCUT2D eigenvalue weighted by Crippen LogP contribution is 2.33. The number of ether oxygens (including phenoxy) is 2. The van der Waals surface area contributed by atoms with Crippen molar-refractivity contribution in [1.82, 2.24) is 35.1 Å². The largest absolute Gasteiger partial charge is 0.494 e. The second-order valence-electron chi connectivity index (χ2n) is 17.0. The van der Waals surface area contributed by atoms with Crippen LogP contribution in [0.1, 0.15) is 48.5 Å². The molecule has 0 saturated carbocycles. The third-order valence-electron chi connectivity index (χ3n) is 11.1. The zero-order valence-electron chi connectivity index (χ0n) is 36.4. The monoisotopic (exact) mass is 808 g/mol. The van der Waals surface area contributed by atoms with E-state index in [-0.39, 0.29) is 0 Å². The quantitative estimate of drug-likeness (QED) is 0.0523. The maximum Gasteiger partial charge on any atom is 0.119 e. The first-order valence-corrected chi connectivity index (χ1v) is 21.5. The van der Waals surface area contributed by atoms with Gasteiger partial charge in [0.1, 0.15) is 11.5 Å². The molecule has 2 aromatic carbocycles. The van der Waals surface area contributed by atoms with Gasteiger partial charge < -0.3 is 39.0 Å². The Morgan fingerprint density at radius 3 is 1.60 bits per heavy atom. The molecule has 3 aromatic heterocycles. The maximum absolute atomic E-state index is 6.23. The Balaban J connectivity index is 1.12. The molecular formula is C50H63N8O2+. The second kappa shape index (κ2) is 20.2. The van der Waals surface area contributed by atoms with Crippen LogP contribution < -0.4 is 14.8 Å². The van der Waals surface area contributed by atoms with Crippen LogP contribution in [0, 0.1) is 0 Å². The van der Waals surface area contributed by atoms with E-state index in [0.29, 0.717) is 13.2 Å². The Hall–Kier alpha value is -5.52. The molecule has 2 aliphatic heterocycles. The van der Waals surface area contributed by atoms with Crippen molar-refractivity contribution in [3.05, 3.63) is 108 Å². The number of quaternary nitrogens is 1. The highest BCUT2D eigenvalue weighted by atomic mass is 16.5. The number of fused-ring (bicyclic) bond motifs is 8. The number of hydrogen-bond acceptors (Lipinski definition) is 7. The summed E-state index contributed by atoms with van der Waals surface area (Å²) in [4.78, 5) is 22.2. The number of aromatic nitrogens is 4. The minimum atomic E-state index is 0.681. The van der Waals surface area contributed by atoms with E-state index in [2.05, 4.69) is 170 Å². The predicted octanol–water partition coefficient (Wildman–Crippen LogP) is 9.10. The summed E-state index contributed by atoms with van der Waals surface area (Å²) in [5.74, 6) is 1.74. The standard InChI is InChI=1S/C50H63N8O2/c1-51-27-7-29-57(4)30-9-33-59-43-19-11-37(12-20-43)49-45-23-15-39(52-45)35-41-17-25-47(54-41)50(48-26-18-42(55-48)36-40-16-24-46(49)53-40)38-13-21-44(22-14-38)60-34-10-32-58(5,6)31-8-28-56(2)3/h11-26,35-36,51-52,55H,7-10,27-34H2,1-6H3/q+1. The number of hydrogen-bond donors (Lipinski definition) is 3. The molecule has 2 aliphatic rings. The summed E-state index contributed by atoms with van der Waals surface area (Å²) in [6.45, 7) is 7.88. The molecule has 10 heteroatoms. The Bertz CT molecular complexity index is 2410. The molecule has 8 bridgehead atoms. The van der Waals surface area contributed by atoms with E-state index in [1.165, 1.54) is 6.42 Å². The summed E-state index contributed by atoms with van der Waals surface area (Å²) in [5, 5.41) is 3.22. The fourth-order valence-electron chi connectivity index (χ4n) is 7.89. The molecular weight excluding hydrogens is 745 g/mol. The van der Waals surface area contributed by atoms with Crippen LogP contribution in [-0.2, 0) is 0 Å². The van der Waals surface area contributed by atoms with Crippen molar-refractivity contribution in [1.29, 1.82) is 0 Å². The number of aromatic amines is 2. The molecule has 3 N–H and O–H groups in total. The Morgan fingerprint density at radius 2 is 1.08 bits per heavy atom. The lowest BCUT2D eigenvalue weighted by Gasteiger charge is -2.30. The van der Waals surface area contributed by atoms with E-state index in [1.54, 1.807) is 0 Å². The van der Waals surface area contributed by atoms with E-state index in [4.69, 9.17) is 19.4 Å². The average molecular weight is 808 g/mol. The van der Waals surface area contributed by atoms with Crippen LogP contribution in [0.5, 0.6) is 11.5 Å². The molecule has 0 aliphatic carbocycles. The van der Waals surface area contributed by atoms with Crippen LogP contribution in [0.15, 0.2) is 84.9 Å². The molecule has 0 amide bonds. The van der Waals surface area contributed by atoms with Crippen molar-refractivity contribution in [3.8, 4) is 33.8 Å². The van der Waals surface area contributed by atoms with Gasteiger partial charge in [0, 0.05) is 59.1 Å². The third kappa shape index (κ3) is 11.6. The molecule has 10 nitrogen and oxygen atoms in total. The third-order valence-corrected chi connectivity index (χ3v) is 11.1. The second-order valence-corrected chi connectivity index (χ2v) is 17.0. The first kappa shape index (κ1) is 42.6. The van der Waals surface area contributed by atoms with Gasteiger partial charge in [-0.1, -0.05) is 24.3 Å². The zero-order chi connectivity index (χ0) is 41.9. The lowest BCUT2D eigenvalue weighted by molar-refractivity contribution is -0.890. The summed E-state index contributed by atoms with van der Waals surface area (Å²) in [6, 6.07) is 29.5. The molecule has 314 valence electrons. The topological polar surface area (TPSA) is 94.3 Å². The van der Waals surface area contributed by atoms with Gasteiger partial charge >= 0.3 is 0 Å². The Labute approximate surface area is 356 Å².